The molecule has 9 heteroatoms. The van der Waals surface area contributed by atoms with E-state index in [4.69, 9.17) is 9.15 Å². The average molecular weight is 483 g/mol. The van der Waals surface area contributed by atoms with Gasteiger partial charge < -0.3 is 19.8 Å². The zero-order chi connectivity index (χ0) is 16.8. The highest BCUT2D eigenvalue weighted by Crippen LogP contribution is 2.13. The van der Waals surface area contributed by atoms with Crippen molar-refractivity contribution in [3.63, 3.8) is 0 Å². The van der Waals surface area contributed by atoms with Gasteiger partial charge >= 0.3 is 0 Å². The van der Waals surface area contributed by atoms with Gasteiger partial charge in [0, 0.05) is 38.1 Å². The molecule has 2 atom stereocenters. The molecule has 25 heavy (non-hydrogen) atoms. The van der Waals surface area contributed by atoms with E-state index in [0.717, 1.165) is 31.8 Å². The Labute approximate surface area is 165 Å². The Morgan fingerprint density at radius 1 is 1.36 bits per heavy atom. The molecule has 1 aromatic heterocycles. The third kappa shape index (κ3) is 6.78. The van der Waals surface area contributed by atoms with E-state index in [0.29, 0.717) is 31.4 Å². The summed E-state index contributed by atoms with van der Waals surface area (Å²) < 4.78 is 34.0. The fourth-order valence-corrected chi connectivity index (χ4v) is 4.63. The molecule has 0 aliphatic carbocycles. The molecule has 2 fully saturated rings. The molecule has 2 aliphatic rings. The van der Waals surface area contributed by atoms with Crippen molar-refractivity contribution in [2.75, 3.05) is 37.8 Å². The molecular weight excluding hydrogens is 457 g/mol. The molecule has 0 bridgehead atoms. The number of guanidine groups is 1. The van der Waals surface area contributed by atoms with Crippen LogP contribution in [0.5, 0.6) is 0 Å². The second-order valence-corrected chi connectivity index (χ2v) is 8.65. The van der Waals surface area contributed by atoms with Gasteiger partial charge in [-0.15, -0.1) is 24.0 Å². The number of sulfone groups is 1. The molecule has 0 spiro atoms. The normalized spacial score (nSPS) is 25.5. The zero-order valence-corrected chi connectivity index (χ0v) is 17.3. The molecule has 0 aromatic carbocycles. The van der Waals surface area contributed by atoms with Crippen LogP contribution >= 0.6 is 24.0 Å². The Balaban J connectivity index is 0.00000225. The van der Waals surface area contributed by atoms with E-state index < -0.39 is 9.84 Å². The smallest absolute Gasteiger partial charge is 0.191 e. The fraction of sp³-hybridized carbons (Fsp3) is 0.688. The van der Waals surface area contributed by atoms with Crippen LogP contribution in [-0.4, -0.2) is 58.2 Å². The van der Waals surface area contributed by atoms with Crippen LogP contribution in [-0.2, 0) is 21.0 Å². The lowest BCUT2D eigenvalue weighted by Gasteiger charge is -2.17. The predicted molar refractivity (Wildman–Crippen MR) is 107 cm³/mol. The van der Waals surface area contributed by atoms with Gasteiger partial charge in [-0.2, -0.15) is 0 Å². The highest BCUT2D eigenvalue weighted by atomic mass is 127. The summed E-state index contributed by atoms with van der Waals surface area (Å²) in [6.07, 6.45) is 4.07. The van der Waals surface area contributed by atoms with Gasteiger partial charge in [0.05, 0.1) is 24.4 Å². The molecule has 2 saturated heterocycles. The Hall–Kier alpha value is -0.810. The van der Waals surface area contributed by atoms with Crippen molar-refractivity contribution >= 4 is 39.8 Å². The van der Waals surface area contributed by atoms with Crippen molar-refractivity contribution in [2.24, 2.45) is 10.9 Å². The number of halogens is 1. The molecule has 0 radical (unpaired) electrons. The van der Waals surface area contributed by atoms with Gasteiger partial charge in [0.2, 0.25) is 0 Å². The number of ether oxygens (including phenoxy) is 1. The molecule has 142 valence electrons. The lowest BCUT2D eigenvalue weighted by Crippen LogP contribution is -2.45. The lowest BCUT2D eigenvalue weighted by molar-refractivity contribution is 0.187. The first-order valence-corrected chi connectivity index (χ1v) is 10.3. The third-order valence-corrected chi connectivity index (χ3v) is 6.12. The highest BCUT2D eigenvalue weighted by molar-refractivity contribution is 14.0. The second-order valence-electron chi connectivity index (χ2n) is 6.42. The first-order chi connectivity index (χ1) is 11.6. The lowest BCUT2D eigenvalue weighted by atomic mass is 10.1. The summed E-state index contributed by atoms with van der Waals surface area (Å²) in [4.78, 5) is 4.62. The summed E-state index contributed by atoms with van der Waals surface area (Å²) in [5.74, 6) is 2.46. The summed E-state index contributed by atoms with van der Waals surface area (Å²) >= 11 is 0. The topological polar surface area (TPSA) is 92.9 Å². The molecule has 2 unspecified atom stereocenters. The van der Waals surface area contributed by atoms with Gasteiger partial charge in [-0.1, -0.05) is 0 Å². The third-order valence-electron chi connectivity index (χ3n) is 4.35. The monoisotopic (exact) mass is 483 g/mol. The minimum Gasteiger partial charge on any atom is -0.469 e. The number of hydrogen-bond donors (Lipinski definition) is 2. The van der Waals surface area contributed by atoms with Crippen molar-refractivity contribution in [2.45, 2.75) is 25.3 Å². The van der Waals surface area contributed by atoms with Gasteiger partial charge in [-0.25, -0.2) is 8.42 Å². The predicted octanol–water partition coefficient (Wildman–Crippen LogP) is 1.20. The molecular formula is C16H26IN3O4S. The van der Waals surface area contributed by atoms with Crippen LogP contribution in [0, 0.1) is 5.92 Å². The number of nitrogens with zero attached hydrogens (tertiary/aromatic N) is 1. The van der Waals surface area contributed by atoms with Crippen molar-refractivity contribution in [3.05, 3.63) is 24.2 Å². The summed E-state index contributed by atoms with van der Waals surface area (Å²) in [6, 6.07) is 3.74. The van der Waals surface area contributed by atoms with Crippen molar-refractivity contribution in [3.8, 4) is 0 Å². The summed E-state index contributed by atoms with van der Waals surface area (Å²) in [5, 5.41) is 6.54. The van der Waals surface area contributed by atoms with E-state index in [2.05, 4.69) is 15.6 Å². The maximum absolute atomic E-state index is 11.6. The zero-order valence-electron chi connectivity index (χ0n) is 14.1. The van der Waals surface area contributed by atoms with E-state index >= 15 is 0 Å². The Morgan fingerprint density at radius 2 is 2.24 bits per heavy atom. The van der Waals surface area contributed by atoms with Crippen LogP contribution in [0.25, 0.3) is 0 Å². The molecule has 3 heterocycles. The number of furan rings is 1. The molecule has 7 nitrogen and oxygen atoms in total. The summed E-state index contributed by atoms with van der Waals surface area (Å²) in [7, 11) is -2.91. The molecule has 0 amide bonds. The van der Waals surface area contributed by atoms with Crippen LogP contribution in [0.3, 0.4) is 0 Å². The van der Waals surface area contributed by atoms with Gasteiger partial charge in [0.1, 0.15) is 5.76 Å². The largest absolute Gasteiger partial charge is 0.469 e. The minimum absolute atomic E-state index is 0. The van der Waals surface area contributed by atoms with Crippen molar-refractivity contribution in [1.29, 1.82) is 0 Å². The van der Waals surface area contributed by atoms with Crippen LogP contribution in [0.1, 0.15) is 18.6 Å². The van der Waals surface area contributed by atoms with E-state index in [1.807, 2.05) is 12.1 Å². The number of rotatable bonds is 6. The van der Waals surface area contributed by atoms with Gasteiger partial charge in [0.25, 0.3) is 0 Å². The SMILES string of the molecule is I.O=S1(=O)CCC(NC(=NCC2CCOC2)NCCc2ccco2)C1. The summed E-state index contributed by atoms with van der Waals surface area (Å²) in [5.41, 5.74) is 0. The van der Waals surface area contributed by atoms with E-state index in [9.17, 15) is 8.42 Å². The molecule has 0 saturated carbocycles. The molecule has 2 N–H and O–H groups in total. The van der Waals surface area contributed by atoms with Crippen LogP contribution < -0.4 is 10.6 Å². The Kier molecular flexibility index (Phi) is 8.01. The first-order valence-electron chi connectivity index (χ1n) is 8.46. The van der Waals surface area contributed by atoms with Gasteiger partial charge in [-0.05, 0) is 25.0 Å². The van der Waals surface area contributed by atoms with E-state index in [1.54, 1.807) is 6.26 Å². The highest BCUT2D eigenvalue weighted by Gasteiger charge is 2.28. The number of aliphatic imine (C=N–C) groups is 1. The van der Waals surface area contributed by atoms with Crippen LogP contribution in [0.2, 0.25) is 0 Å². The van der Waals surface area contributed by atoms with E-state index in [-0.39, 0.29) is 41.5 Å². The summed E-state index contributed by atoms with van der Waals surface area (Å²) in [6.45, 7) is 2.92. The van der Waals surface area contributed by atoms with Crippen LogP contribution in [0.15, 0.2) is 27.8 Å². The Morgan fingerprint density at radius 3 is 2.88 bits per heavy atom. The quantitative estimate of drug-likeness (QED) is 0.359. The molecule has 3 rings (SSSR count). The first kappa shape index (κ1) is 20.5. The maximum atomic E-state index is 11.6. The molecule has 2 aliphatic heterocycles. The van der Waals surface area contributed by atoms with Gasteiger partial charge in [0.15, 0.2) is 15.8 Å². The van der Waals surface area contributed by atoms with E-state index in [1.165, 1.54) is 0 Å². The van der Waals surface area contributed by atoms with Crippen molar-refractivity contribution in [1.82, 2.24) is 10.6 Å². The Bertz CT molecular complexity index is 642. The average Bonchev–Trinajstić information content (AvgIpc) is 3.27. The van der Waals surface area contributed by atoms with Gasteiger partial charge in [-0.3, -0.25) is 4.99 Å². The van der Waals surface area contributed by atoms with Crippen LogP contribution in [0.4, 0.5) is 0 Å². The maximum Gasteiger partial charge on any atom is 0.191 e. The van der Waals surface area contributed by atoms with Crippen molar-refractivity contribution < 1.29 is 17.6 Å². The standard InChI is InChI=1S/C16H25N3O4S.HI/c20-24(21)9-5-14(12-24)19-16(18-10-13-4-8-22-11-13)17-6-3-15-2-1-7-23-15;/h1-2,7,13-14H,3-6,8-12H2,(H2,17,18,19);1H. The molecule has 1 aromatic rings. The number of nitrogens with one attached hydrogen (secondary N) is 2. The minimum atomic E-state index is -2.91. The number of hydrogen-bond acceptors (Lipinski definition) is 5. The fourth-order valence-electron chi connectivity index (χ4n) is 2.96. The second kappa shape index (κ2) is 9.77.